The molecule has 0 saturated heterocycles. The van der Waals surface area contributed by atoms with Gasteiger partial charge in [-0.2, -0.15) is 10.1 Å². The average molecular weight is 164 g/mol. The van der Waals surface area contributed by atoms with Crippen LogP contribution in [0.25, 0.3) is 11.0 Å². The van der Waals surface area contributed by atoms with E-state index in [0.717, 1.165) is 0 Å². The van der Waals surface area contributed by atoms with Crippen LogP contribution in [0.1, 0.15) is 0 Å². The first kappa shape index (κ1) is 7.02. The molecule has 5 heteroatoms. The summed E-state index contributed by atoms with van der Waals surface area (Å²) in [6.07, 6.45) is 3.14. The summed E-state index contributed by atoms with van der Waals surface area (Å²) in [7, 11) is 3.58. The first-order valence-electron chi connectivity index (χ1n) is 3.53. The second-order valence-electron chi connectivity index (χ2n) is 2.70. The monoisotopic (exact) mass is 164 g/mol. The molecule has 2 heterocycles. The molecule has 0 N–H and O–H groups in total. The Labute approximate surface area is 68.3 Å². The first-order chi connectivity index (χ1) is 5.68. The van der Waals surface area contributed by atoms with Crippen molar-refractivity contribution in [3.8, 4) is 0 Å². The van der Waals surface area contributed by atoms with Crippen molar-refractivity contribution in [3.63, 3.8) is 0 Å². The predicted octanol–water partition coefficient (Wildman–Crippen LogP) is -0.333. The number of hydrogen-bond acceptors (Lipinski definition) is 3. The summed E-state index contributed by atoms with van der Waals surface area (Å²) >= 11 is 0. The number of hydrogen-bond donors (Lipinski definition) is 0. The lowest BCUT2D eigenvalue weighted by Gasteiger charge is -1.94. The van der Waals surface area contributed by atoms with Gasteiger partial charge in [-0.1, -0.05) is 0 Å². The fourth-order valence-electron chi connectivity index (χ4n) is 1.15. The minimum absolute atomic E-state index is 0.226. The average Bonchev–Trinajstić information content (AvgIpc) is 2.41. The van der Waals surface area contributed by atoms with Gasteiger partial charge in [0.15, 0.2) is 5.65 Å². The molecule has 0 unspecified atom stereocenters. The molecule has 12 heavy (non-hydrogen) atoms. The Morgan fingerprint density at radius 2 is 2.17 bits per heavy atom. The largest absolute Gasteiger partial charge is 0.318 e. The van der Waals surface area contributed by atoms with E-state index in [1.54, 1.807) is 22.5 Å². The Hall–Kier alpha value is -1.65. The number of aromatic nitrogens is 4. The molecule has 2 rings (SSSR count). The van der Waals surface area contributed by atoms with Gasteiger partial charge in [-0.25, -0.2) is 0 Å². The molecule has 0 aliphatic heterocycles. The second-order valence-corrected chi connectivity index (χ2v) is 2.70. The van der Waals surface area contributed by atoms with Crippen molar-refractivity contribution in [2.75, 3.05) is 0 Å². The molecule has 0 aliphatic carbocycles. The maximum Gasteiger partial charge on any atom is 0.283 e. The van der Waals surface area contributed by atoms with Gasteiger partial charge >= 0.3 is 0 Å². The van der Waals surface area contributed by atoms with Crippen molar-refractivity contribution in [2.24, 2.45) is 14.1 Å². The Bertz CT molecular complexity index is 482. The zero-order valence-corrected chi connectivity index (χ0v) is 6.85. The predicted molar refractivity (Wildman–Crippen MR) is 43.8 cm³/mol. The van der Waals surface area contributed by atoms with Crippen molar-refractivity contribution < 1.29 is 0 Å². The number of nitrogens with zero attached hydrogens (tertiary/aromatic N) is 4. The van der Waals surface area contributed by atoms with E-state index in [2.05, 4.69) is 10.1 Å². The van der Waals surface area contributed by atoms with E-state index in [1.165, 1.54) is 6.33 Å². The number of rotatable bonds is 0. The molecule has 5 nitrogen and oxygen atoms in total. The van der Waals surface area contributed by atoms with Gasteiger partial charge in [-0.05, 0) is 0 Å². The van der Waals surface area contributed by atoms with Crippen molar-refractivity contribution in [3.05, 3.63) is 22.9 Å². The minimum atomic E-state index is -0.226. The molecule has 0 aliphatic rings. The maximum atomic E-state index is 11.2. The maximum absolute atomic E-state index is 11.2. The van der Waals surface area contributed by atoms with Gasteiger partial charge < -0.3 is 4.57 Å². The molecular weight excluding hydrogens is 156 g/mol. The van der Waals surface area contributed by atoms with Crippen molar-refractivity contribution in [1.82, 2.24) is 19.3 Å². The van der Waals surface area contributed by atoms with Gasteiger partial charge in [-0.3, -0.25) is 9.48 Å². The van der Waals surface area contributed by atoms with Crippen LogP contribution in [-0.2, 0) is 14.1 Å². The van der Waals surface area contributed by atoms with Crippen LogP contribution in [0.15, 0.2) is 17.3 Å². The van der Waals surface area contributed by atoms with Gasteiger partial charge in [0.2, 0.25) is 0 Å². The molecule has 0 fully saturated rings. The van der Waals surface area contributed by atoms with E-state index < -0.39 is 0 Å². The van der Waals surface area contributed by atoms with Gasteiger partial charge in [-0.15, -0.1) is 0 Å². The van der Waals surface area contributed by atoms with Crippen LogP contribution in [0.4, 0.5) is 0 Å². The third kappa shape index (κ3) is 0.827. The fraction of sp³-hybridized carbons (Fsp3) is 0.286. The Balaban J connectivity index is 3.03. The van der Waals surface area contributed by atoms with Crippen LogP contribution < -0.4 is 5.56 Å². The minimum Gasteiger partial charge on any atom is -0.318 e. The van der Waals surface area contributed by atoms with E-state index in [0.29, 0.717) is 11.0 Å². The molecule has 0 saturated carbocycles. The lowest BCUT2D eigenvalue weighted by Crippen LogP contribution is -2.08. The summed E-state index contributed by atoms with van der Waals surface area (Å²) in [5, 5.41) is 4.67. The Morgan fingerprint density at radius 3 is 2.83 bits per heavy atom. The molecular formula is C7H8N4O. The van der Waals surface area contributed by atoms with Gasteiger partial charge in [0.1, 0.15) is 11.7 Å². The molecule has 2 aromatic rings. The van der Waals surface area contributed by atoms with Crippen LogP contribution in [0, 0.1) is 0 Å². The zero-order valence-electron chi connectivity index (χ0n) is 6.85. The zero-order chi connectivity index (χ0) is 8.72. The second kappa shape index (κ2) is 2.17. The highest BCUT2D eigenvalue weighted by atomic mass is 16.1. The SMILES string of the molecule is Cn1cc2c(=O)ncn(C)c2n1. The van der Waals surface area contributed by atoms with E-state index in [4.69, 9.17) is 0 Å². The molecule has 0 aromatic carbocycles. The summed E-state index contributed by atoms with van der Waals surface area (Å²) in [4.78, 5) is 14.8. The standard InChI is InChI=1S/C7H8N4O/c1-10-4-8-7(12)5-3-11(2)9-6(5)10/h3-4H,1-2H3. The van der Waals surface area contributed by atoms with E-state index >= 15 is 0 Å². The van der Waals surface area contributed by atoms with E-state index in [1.807, 2.05) is 7.05 Å². The number of fused-ring (bicyclic) bond motifs is 1. The van der Waals surface area contributed by atoms with Crippen molar-refractivity contribution in [2.45, 2.75) is 0 Å². The molecule has 62 valence electrons. The fourth-order valence-corrected chi connectivity index (χ4v) is 1.15. The van der Waals surface area contributed by atoms with E-state index in [-0.39, 0.29) is 5.56 Å². The molecule has 0 spiro atoms. The molecule has 0 amide bonds. The highest BCUT2D eigenvalue weighted by Gasteiger charge is 2.04. The van der Waals surface area contributed by atoms with Crippen LogP contribution in [0.5, 0.6) is 0 Å². The van der Waals surface area contributed by atoms with E-state index in [9.17, 15) is 4.79 Å². The first-order valence-corrected chi connectivity index (χ1v) is 3.53. The quantitative estimate of drug-likeness (QED) is 0.535. The van der Waals surface area contributed by atoms with Crippen LogP contribution >= 0.6 is 0 Å². The molecule has 2 aromatic heterocycles. The van der Waals surface area contributed by atoms with Gasteiger partial charge in [0, 0.05) is 20.3 Å². The number of aryl methyl sites for hydroxylation is 2. The summed E-state index contributed by atoms with van der Waals surface area (Å²) < 4.78 is 3.32. The third-order valence-electron chi connectivity index (χ3n) is 1.72. The topological polar surface area (TPSA) is 52.7 Å². The van der Waals surface area contributed by atoms with Gasteiger partial charge in [0.05, 0.1) is 0 Å². The lowest BCUT2D eigenvalue weighted by molar-refractivity contribution is 0.760. The molecule has 0 radical (unpaired) electrons. The highest BCUT2D eigenvalue weighted by Crippen LogP contribution is 2.02. The van der Waals surface area contributed by atoms with Crippen LogP contribution in [-0.4, -0.2) is 19.3 Å². The molecule has 0 bridgehead atoms. The van der Waals surface area contributed by atoms with Crippen molar-refractivity contribution >= 4 is 11.0 Å². The smallest absolute Gasteiger partial charge is 0.283 e. The lowest BCUT2D eigenvalue weighted by atomic mass is 10.4. The summed E-state index contributed by atoms with van der Waals surface area (Å²) in [6, 6.07) is 0. The highest BCUT2D eigenvalue weighted by molar-refractivity contribution is 5.72. The van der Waals surface area contributed by atoms with Crippen LogP contribution in [0.2, 0.25) is 0 Å². The van der Waals surface area contributed by atoms with Crippen LogP contribution in [0.3, 0.4) is 0 Å². The Kier molecular flexibility index (Phi) is 1.27. The summed E-state index contributed by atoms with van der Waals surface area (Å²) in [5.41, 5.74) is 0.439. The summed E-state index contributed by atoms with van der Waals surface area (Å²) in [5.74, 6) is 0. The molecule has 0 atom stereocenters. The summed E-state index contributed by atoms with van der Waals surface area (Å²) in [6.45, 7) is 0. The Morgan fingerprint density at radius 1 is 1.42 bits per heavy atom. The van der Waals surface area contributed by atoms with Crippen molar-refractivity contribution in [1.29, 1.82) is 0 Å². The normalized spacial score (nSPS) is 10.8. The van der Waals surface area contributed by atoms with Gasteiger partial charge in [0.25, 0.3) is 5.56 Å². The third-order valence-corrected chi connectivity index (χ3v) is 1.72.